The second-order valence-corrected chi connectivity index (χ2v) is 4.61. The number of hydrogen-bond donors (Lipinski definition) is 1. The number of rotatable bonds is 4. The molecule has 1 rings (SSSR count). The lowest BCUT2D eigenvalue weighted by molar-refractivity contribution is -0.134. The molecule has 1 saturated carbocycles. The van der Waals surface area contributed by atoms with Crippen molar-refractivity contribution in [1.82, 2.24) is 5.32 Å². The van der Waals surface area contributed by atoms with Gasteiger partial charge in [0, 0.05) is 6.04 Å². The molecule has 0 radical (unpaired) electrons. The van der Waals surface area contributed by atoms with Gasteiger partial charge in [-0.05, 0) is 32.1 Å². The maximum absolute atomic E-state index is 11.8. The van der Waals surface area contributed by atoms with E-state index in [2.05, 4.69) is 24.9 Å². The van der Waals surface area contributed by atoms with Crippen LogP contribution in [0.2, 0.25) is 0 Å². The van der Waals surface area contributed by atoms with Gasteiger partial charge in [0.1, 0.15) is 5.41 Å². The fraction of sp³-hybridized carbons (Fsp3) is 0.667. The second kappa shape index (κ2) is 4.48. The molecule has 1 aliphatic carbocycles. The topological polar surface area (TPSA) is 52.9 Å². The Morgan fingerprint density at radius 1 is 1.80 bits per heavy atom. The third kappa shape index (κ3) is 2.38. The fourth-order valence-electron chi connectivity index (χ4n) is 2.13. The number of nitrogens with one attached hydrogen (secondary N) is 1. The van der Waals surface area contributed by atoms with Gasteiger partial charge >= 0.3 is 0 Å². The van der Waals surface area contributed by atoms with E-state index in [-0.39, 0.29) is 11.9 Å². The first-order valence-electron chi connectivity index (χ1n) is 5.37. The van der Waals surface area contributed by atoms with E-state index in [4.69, 9.17) is 5.26 Å². The summed E-state index contributed by atoms with van der Waals surface area (Å²) in [5.74, 6) is 0.377. The molecular weight excluding hydrogens is 188 g/mol. The standard InChI is InChI=1S/C12H18N2O/c1-4-5-10(3)14-11(15)12(8-13)6-9(2)7-12/h4,9-10H,1,5-7H2,2-3H3,(H,14,15). The van der Waals surface area contributed by atoms with Crippen molar-refractivity contribution >= 4 is 5.91 Å². The molecule has 1 unspecified atom stereocenters. The molecule has 1 aliphatic rings. The SMILES string of the molecule is C=CCC(C)NC(=O)C1(C#N)CC(C)C1. The Morgan fingerprint density at radius 3 is 2.80 bits per heavy atom. The lowest BCUT2D eigenvalue weighted by atomic mass is 9.63. The molecule has 1 fully saturated rings. The van der Waals surface area contributed by atoms with Gasteiger partial charge in [-0.2, -0.15) is 5.26 Å². The highest BCUT2D eigenvalue weighted by atomic mass is 16.2. The summed E-state index contributed by atoms with van der Waals surface area (Å²) >= 11 is 0. The first kappa shape index (κ1) is 11.8. The molecule has 15 heavy (non-hydrogen) atoms. The molecule has 3 nitrogen and oxygen atoms in total. The molecule has 0 bridgehead atoms. The number of nitrogens with zero attached hydrogens (tertiary/aromatic N) is 1. The Morgan fingerprint density at radius 2 is 2.40 bits per heavy atom. The van der Waals surface area contributed by atoms with Crippen LogP contribution in [0.1, 0.15) is 33.1 Å². The Hall–Kier alpha value is -1.30. The van der Waals surface area contributed by atoms with Gasteiger partial charge in [0.05, 0.1) is 6.07 Å². The van der Waals surface area contributed by atoms with Gasteiger partial charge in [0.2, 0.25) is 5.91 Å². The number of hydrogen-bond acceptors (Lipinski definition) is 2. The molecule has 1 amide bonds. The highest BCUT2D eigenvalue weighted by Crippen LogP contribution is 2.45. The molecule has 3 heteroatoms. The van der Waals surface area contributed by atoms with Crippen LogP contribution in [0, 0.1) is 22.7 Å². The van der Waals surface area contributed by atoms with Crippen LogP contribution in [0.5, 0.6) is 0 Å². The zero-order chi connectivity index (χ0) is 11.5. The van der Waals surface area contributed by atoms with Crippen LogP contribution in [0.25, 0.3) is 0 Å². The lowest BCUT2D eigenvalue weighted by Crippen LogP contribution is -2.50. The van der Waals surface area contributed by atoms with Crippen LogP contribution in [-0.2, 0) is 4.79 Å². The van der Waals surface area contributed by atoms with E-state index < -0.39 is 5.41 Å². The monoisotopic (exact) mass is 206 g/mol. The van der Waals surface area contributed by atoms with Crippen molar-refractivity contribution in [3.05, 3.63) is 12.7 Å². The fourth-order valence-corrected chi connectivity index (χ4v) is 2.13. The van der Waals surface area contributed by atoms with E-state index >= 15 is 0 Å². The van der Waals surface area contributed by atoms with Crippen LogP contribution in [-0.4, -0.2) is 11.9 Å². The maximum atomic E-state index is 11.8. The van der Waals surface area contributed by atoms with Gasteiger partial charge in [0.25, 0.3) is 0 Å². The van der Waals surface area contributed by atoms with Crippen molar-refractivity contribution in [2.75, 3.05) is 0 Å². The van der Waals surface area contributed by atoms with E-state index in [0.717, 1.165) is 6.42 Å². The molecule has 0 saturated heterocycles. The van der Waals surface area contributed by atoms with Crippen molar-refractivity contribution in [1.29, 1.82) is 5.26 Å². The third-order valence-electron chi connectivity index (χ3n) is 2.94. The number of nitriles is 1. The zero-order valence-electron chi connectivity index (χ0n) is 9.42. The van der Waals surface area contributed by atoms with Crippen molar-refractivity contribution in [2.45, 2.75) is 39.2 Å². The smallest absolute Gasteiger partial charge is 0.240 e. The quantitative estimate of drug-likeness (QED) is 0.715. The molecule has 1 N–H and O–H groups in total. The second-order valence-electron chi connectivity index (χ2n) is 4.61. The molecule has 1 atom stereocenters. The normalized spacial score (nSPS) is 30.9. The minimum absolute atomic E-state index is 0.0659. The van der Waals surface area contributed by atoms with Gasteiger partial charge in [-0.3, -0.25) is 4.79 Å². The van der Waals surface area contributed by atoms with Crippen molar-refractivity contribution in [3.8, 4) is 6.07 Å². The summed E-state index contributed by atoms with van der Waals surface area (Å²) in [5.41, 5.74) is -0.755. The minimum Gasteiger partial charge on any atom is -0.352 e. The van der Waals surface area contributed by atoms with Gasteiger partial charge in [-0.15, -0.1) is 6.58 Å². The number of carbonyl (C=O) groups excluding carboxylic acids is 1. The summed E-state index contributed by atoms with van der Waals surface area (Å²) in [6, 6.07) is 2.22. The largest absolute Gasteiger partial charge is 0.352 e. The summed E-state index contributed by atoms with van der Waals surface area (Å²) in [6.45, 7) is 7.61. The highest BCUT2D eigenvalue weighted by Gasteiger charge is 2.49. The maximum Gasteiger partial charge on any atom is 0.240 e. The van der Waals surface area contributed by atoms with Crippen LogP contribution >= 0.6 is 0 Å². The third-order valence-corrected chi connectivity index (χ3v) is 2.94. The molecule has 0 aromatic rings. The Bertz CT molecular complexity index is 297. The van der Waals surface area contributed by atoms with E-state index in [9.17, 15) is 4.79 Å². The molecule has 0 aromatic carbocycles. The van der Waals surface area contributed by atoms with E-state index in [1.54, 1.807) is 6.08 Å². The van der Waals surface area contributed by atoms with E-state index in [1.807, 2.05) is 6.92 Å². The highest BCUT2D eigenvalue weighted by molar-refractivity contribution is 5.86. The van der Waals surface area contributed by atoms with Gasteiger partial charge in [-0.25, -0.2) is 0 Å². The first-order valence-corrected chi connectivity index (χ1v) is 5.37. The molecule has 0 heterocycles. The van der Waals surface area contributed by atoms with E-state index in [1.165, 1.54) is 0 Å². The van der Waals surface area contributed by atoms with Gasteiger partial charge in [0.15, 0.2) is 0 Å². The molecule has 0 aliphatic heterocycles. The minimum atomic E-state index is -0.755. The van der Waals surface area contributed by atoms with E-state index in [0.29, 0.717) is 18.8 Å². The van der Waals surface area contributed by atoms with Gasteiger partial charge < -0.3 is 5.32 Å². The number of amides is 1. The predicted octanol–water partition coefficient (Wildman–Crippen LogP) is 2.01. The van der Waals surface area contributed by atoms with Crippen molar-refractivity contribution in [2.24, 2.45) is 11.3 Å². The molecule has 0 aromatic heterocycles. The summed E-state index contributed by atoms with van der Waals surface area (Å²) in [5, 5.41) is 11.9. The Labute approximate surface area is 91.2 Å². The average molecular weight is 206 g/mol. The summed E-state index contributed by atoms with van der Waals surface area (Å²) in [7, 11) is 0. The van der Waals surface area contributed by atoms with Crippen LogP contribution in [0.3, 0.4) is 0 Å². The van der Waals surface area contributed by atoms with Crippen LogP contribution in [0.4, 0.5) is 0 Å². The average Bonchev–Trinajstić information content (AvgIpc) is 2.12. The molecule has 0 spiro atoms. The zero-order valence-corrected chi connectivity index (χ0v) is 9.42. The first-order chi connectivity index (χ1) is 7.04. The number of carbonyl (C=O) groups is 1. The molecule has 82 valence electrons. The van der Waals surface area contributed by atoms with Gasteiger partial charge in [-0.1, -0.05) is 13.0 Å². The molecular formula is C12H18N2O. The van der Waals surface area contributed by atoms with Crippen molar-refractivity contribution < 1.29 is 4.79 Å². The van der Waals surface area contributed by atoms with Crippen molar-refractivity contribution in [3.63, 3.8) is 0 Å². The summed E-state index contributed by atoms with van der Waals surface area (Å²) < 4.78 is 0. The Balaban J connectivity index is 2.53. The Kier molecular flexibility index (Phi) is 3.52. The van der Waals surface area contributed by atoms with Crippen LogP contribution in [0.15, 0.2) is 12.7 Å². The summed E-state index contributed by atoms with van der Waals surface area (Å²) in [6.07, 6.45) is 3.89. The predicted molar refractivity (Wildman–Crippen MR) is 58.9 cm³/mol. The summed E-state index contributed by atoms with van der Waals surface area (Å²) in [4.78, 5) is 11.8. The lowest BCUT2D eigenvalue weighted by Gasteiger charge is -2.39. The van der Waals surface area contributed by atoms with Crippen LogP contribution < -0.4 is 5.32 Å².